The van der Waals surface area contributed by atoms with Gasteiger partial charge < -0.3 is 5.32 Å². The fourth-order valence-corrected chi connectivity index (χ4v) is 1.01. The number of hydrogen-bond acceptors (Lipinski definition) is 2. The maximum Gasteiger partial charge on any atom is 0.159 e. The second-order valence-electron chi connectivity index (χ2n) is 2.63. The van der Waals surface area contributed by atoms with Crippen molar-refractivity contribution in [1.82, 2.24) is 0 Å². The summed E-state index contributed by atoms with van der Waals surface area (Å²) in [6.45, 7) is 0. The van der Waals surface area contributed by atoms with E-state index in [1.807, 2.05) is 0 Å². The molecule has 0 saturated carbocycles. The normalized spacial score (nSPS) is 11.5. The van der Waals surface area contributed by atoms with Crippen molar-refractivity contribution in [2.45, 2.75) is 0 Å². The number of rotatable bonds is 3. The van der Waals surface area contributed by atoms with Gasteiger partial charge in [-0.1, -0.05) is 0 Å². The predicted octanol–water partition coefficient (Wildman–Crippen LogP) is 1.49. The summed E-state index contributed by atoms with van der Waals surface area (Å²) in [7, 11) is 1.76. The summed E-state index contributed by atoms with van der Waals surface area (Å²) in [6, 6.07) is 3.41. The van der Waals surface area contributed by atoms with Crippen LogP contribution in [0.15, 0.2) is 29.5 Å². The molecule has 74 valence electrons. The van der Waals surface area contributed by atoms with Crippen molar-refractivity contribution in [2.75, 3.05) is 7.05 Å². The monoisotopic (exact) mass is 198 g/mol. The van der Waals surface area contributed by atoms with E-state index in [9.17, 15) is 8.78 Å². The molecular formula is C9H10F2N3+. The van der Waals surface area contributed by atoms with Gasteiger partial charge in [0.2, 0.25) is 0 Å². The van der Waals surface area contributed by atoms with E-state index in [4.69, 9.17) is 5.53 Å². The van der Waals surface area contributed by atoms with E-state index in [1.165, 1.54) is 6.07 Å². The van der Waals surface area contributed by atoms with Crippen LogP contribution in [0.4, 0.5) is 8.78 Å². The van der Waals surface area contributed by atoms with E-state index < -0.39 is 11.6 Å². The molecule has 0 aliphatic rings. The molecule has 3 nitrogen and oxygen atoms in total. The lowest BCUT2D eigenvalue weighted by atomic mass is 10.1. The molecule has 0 spiro atoms. The molecule has 0 aromatic heterocycles. The zero-order chi connectivity index (χ0) is 10.6. The van der Waals surface area contributed by atoms with E-state index in [2.05, 4.69) is 5.11 Å². The van der Waals surface area contributed by atoms with Gasteiger partial charge in [0, 0.05) is 5.56 Å². The van der Waals surface area contributed by atoms with Crippen LogP contribution in [0.1, 0.15) is 5.56 Å². The number of nitrogens with zero attached hydrogens (tertiary/aromatic N) is 1. The van der Waals surface area contributed by atoms with Crippen molar-refractivity contribution in [3.05, 3.63) is 41.6 Å². The molecule has 5 heteroatoms. The lowest BCUT2D eigenvalue weighted by Gasteiger charge is -1.99. The van der Waals surface area contributed by atoms with Crippen LogP contribution in [-0.4, -0.2) is 7.05 Å². The zero-order valence-corrected chi connectivity index (χ0v) is 7.59. The highest BCUT2D eigenvalue weighted by atomic mass is 19.2. The van der Waals surface area contributed by atoms with Gasteiger partial charge in [0.05, 0.1) is 7.05 Å². The minimum atomic E-state index is -0.937. The van der Waals surface area contributed by atoms with E-state index >= 15 is 0 Å². The van der Waals surface area contributed by atoms with E-state index in [-0.39, 0.29) is 0 Å². The molecule has 0 radical (unpaired) electrons. The quantitative estimate of drug-likeness (QED) is 0.691. The number of halogens is 2. The lowest BCUT2D eigenvalue weighted by molar-refractivity contribution is -0.555. The molecule has 0 unspecified atom stereocenters. The third-order valence-electron chi connectivity index (χ3n) is 1.66. The van der Waals surface area contributed by atoms with Crippen LogP contribution in [0.25, 0.3) is 5.70 Å². The molecule has 0 fully saturated rings. The molecule has 0 atom stereocenters. The van der Waals surface area contributed by atoms with Crippen molar-refractivity contribution in [2.24, 2.45) is 5.11 Å². The topological polar surface area (TPSA) is 52.8 Å². The Bertz CT molecular complexity index is 374. The lowest BCUT2D eigenvalue weighted by Crippen LogP contribution is -2.72. The number of nitrogens with one attached hydrogen (secondary N) is 1. The SMILES string of the molecule is C[NH2+]/C=C(\N=N)c1ccc(F)c(F)c1. The van der Waals surface area contributed by atoms with Crippen LogP contribution < -0.4 is 5.32 Å². The van der Waals surface area contributed by atoms with Crippen LogP contribution >= 0.6 is 0 Å². The van der Waals surface area contributed by atoms with Crippen molar-refractivity contribution in [3.63, 3.8) is 0 Å². The zero-order valence-electron chi connectivity index (χ0n) is 7.59. The van der Waals surface area contributed by atoms with Gasteiger partial charge in [-0.2, -0.15) is 5.11 Å². The van der Waals surface area contributed by atoms with Gasteiger partial charge in [0.1, 0.15) is 11.9 Å². The minimum absolute atomic E-state index is 0.298. The fourth-order valence-electron chi connectivity index (χ4n) is 1.01. The molecule has 0 bridgehead atoms. The highest BCUT2D eigenvalue weighted by Gasteiger charge is 2.06. The second kappa shape index (κ2) is 4.57. The second-order valence-corrected chi connectivity index (χ2v) is 2.63. The first kappa shape index (κ1) is 10.5. The molecule has 0 saturated heterocycles. The van der Waals surface area contributed by atoms with Gasteiger partial charge >= 0.3 is 0 Å². The van der Waals surface area contributed by atoms with Crippen molar-refractivity contribution in [3.8, 4) is 0 Å². The highest BCUT2D eigenvalue weighted by molar-refractivity contribution is 5.62. The summed E-state index contributed by atoms with van der Waals surface area (Å²) in [5.74, 6) is -1.84. The van der Waals surface area contributed by atoms with Gasteiger partial charge in [-0.25, -0.2) is 14.3 Å². The molecule has 0 amide bonds. The van der Waals surface area contributed by atoms with Crippen LogP contribution in [0.5, 0.6) is 0 Å². The van der Waals surface area contributed by atoms with Crippen LogP contribution in [0.2, 0.25) is 0 Å². The average molecular weight is 198 g/mol. The van der Waals surface area contributed by atoms with Gasteiger partial charge in [-0.05, 0) is 18.2 Å². The van der Waals surface area contributed by atoms with Crippen molar-refractivity contribution >= 4 is 5.70 Å². The summed E-state index contributed by atoms with van der Waals surface area (Å²) in [5, 5.41) is 4.88. The van der Waals surface area contributed by atoms with E-state index in [0.29, 0.717) is 11.3 Å². The van der Waals surface area contributed by atoms with E-state index in [0.717, 1.165) is 12.1 Å². The molecule has 0 aliphatic heterocycles. The molecule has 1 aromatic carbocycles. The molecule has 0 heterocycles. The largest absolute Gasteiger partial charge is 0.321 e. The fraction of sp³-hybridized carbons (Fsp3) is 0.111. The Labute approximate surface area is 80.0 Å². The summed E-state index contributed by atoms with van der Waals surface area (Å²) >= 11 is 0. The smallest absolute Gasteiger partial charge is 0.159 e. The number of hydrogen-bond donors (Lipinski definition) is 2. The summed E-state index contributed by atoms with van der Waals surface area (Å²) in [4.78, 5) is 0. The molecule has 3 N–H and O–H groups in total. The Balaban J connectivity index is 3.12. The van der Waals surface area contributed by atoms with Crippen molar-refractivity contribution in [1.29, 1.82) is 5.53 Å². The Kier molecular flexibility index (Phi) is 3.41. The number of benzene rings is 1. The van der Waals surface area contributed by atoms with Gasteiger partial charge in [-0.15, -0.1) is 0 Å². The Hall–Kier alpha value is -1.62. The van der Waals surface area contributed by atoms with E-state index in [1.54, 1.807) is 18.6 Å². The number of quaternary nitrogens is 1. The molecule has 0 aliphatic carbocycles. The summed E-state index contributed by atoms with van der Waals surface area (Å²) in [5.41, 5.74) is 7.53. The molecule has 14 heavy (non-hydrogen) atoms. The Morgan fingerprint density at radius 3 is 2.64 bits per heavy atom. The standard InChI is InChI=1S/C9H9F2N3/c1-13-5-9(14-12)6-2-3-7(10)8(11)4-6/h2-5,12-13H,1H3/p+1/b9-5-,14-12?. The number of nitrogens with two attached hydrogens (primary N) is 1. The molecule has 1 rings (SSSR count). The molecular weight excluding hydrogens is 188 g/mol. The summed E-state index contributed by atoms with van der Waals surface area (Å²) < 4.78 is 25.4. The first-order valence-corrected chi connectivity index (χ1v) is 4.01. The van der Waals surface area contributed by atoms with Crippen molar-refractivity contribution < 1.29 is 14.1 Å². The molecule has 1 aromatic rings. The maximum atomic E-state index is 12.8. The van der Waals surface area contributed by atoms with Crippen LogP contribution in [0, 0.1) is 17.2 Å². The van der Waals surface area contributed by atoms with Gasteiger partial charge in [0.25, 0.3) is 0 Å². The van der Waals surface area contributed by atoms with Crippen LogP contribution in [-0.2, 0) is 0 Å². The van der Waals surface area contributed by atoms with Crippen LogP contribution in [0.3, 0.4) is 0 Å². The minimum Gasteiger partial charge on any atom is -0.321 e. The predicted molar refractivity (Wildman–Crippen MR) is 47.3 cm³/mol. The summed E-state index contributed by atoms with van der Waals surface area (Å²) in [6.07, 6.45) is 1.56. The van der Waals surface area contributed by atoms with Gasteiger partial charge in [-0.3, -0.25) is 0 Å². The Morgan fingerprint density at radius 1 is 1.43 bits per heavy atom. The third kappa shape index (κ3) is 2.20. The third-order valence-corrected chi connectivity index (χ3v) is 1.66. The highest BCUT2D eigenvalue weighted by Crippen LogP contribution is 2.16. The average Bonchev–Trinajstić information content (AvgIpc) is 2.19. The first-order chi connectivity index (χ1) is 6.69. The Morgan fingerprint density at radius 2 is 2.14 bits per heavy atom. The van der Waals surface area contributed by atoms with Gasteiger partial charge in [0.15, 0.2) is 11.6 Å². The maximum absolute atomic E-state index is 12.8. The first-order valence-electron chi connectivity index (χ1n) is 4.01.